The molecule has 1 aliphatic heterocycles. The zero-order valence-corrected chi connectivity index (χ0v) is 18.6. The summed E-state index contributed by atoms with van der Waals surface area (Å²) in [5, 5.41) is 4.10. The van der Waals surface area contributed by atoms with E-state index in [4.69, 9.17) is 0 Å². The highest BCUT2D eigenvalue weighted by Gasteiger charge is 2.28. The molecule has 2 heterocycles. The van der Waals surface area contributed by atoms with Crippen LogP contribution in [0.1, 0.15) is 37.4 Å². The SMILES string of the molecule is CC(=O)N1CCCc2cc(S(=O)(=O)N(C)C(C)c3ccc(-n4cncn4)cc3)ccc21. The average Bonchev–Trinajstić information content (AvgIpc) is 3.32. The second-order valence-electron chi connectivity index (χ2n) is 7.69. The Kier molecular flexibility index (Phi) is 5.63. The summed E-state index contributed by atoms with van der Waals surface area (Å²) in [6.07, 6.45) is 4.65. The topological polar surface area (TPSA) is 88.4 Å². The van der Waals surface area contributed by atoms with Gasteiger partial charge in [0, 0.05) is 32.2 Å². The second kappa shape index (κ2) is 8.24. The molecular weight excluding hydrogens is 414 g/mol. The van der Waals surface area contributed by atoms with E-state index in [0.29, 0.717) is 6.54 Å². The van der Waals surface area contributed by atoms with Crippen LogP contribution in [0.3, 0.4) is 0 Å². The summed E-state index contributed by atoms with van der Waals surface area (Å²) in [7, 11) is -2.12. The lowest BCUT2D eigenvalue weighted by Crippen LogP contribution is -2.34. The number of hydrogen-bond acceptors (Lipinski definition) is 5. The molecule has 0 saturated carbocycles. The van der Waals surface area contributed by atoms with E-state index in [1.807, 2.05) is 31.2 Å². The van der Waals surface area contributed by atoms with Gasteiger partial charge in [-0.3, -0.25) is 4.79 Å². The van der Waals surface area contributed by atoms with Gasteiger partial charge in [-0.25, -0.2) is 18.1 Å². The zero-order chi connectivity index (χ0) is 22.2. The smallest absolute Gasteiger partial charge is 0.243 e. The summed E-state index contributed by atoms with van der Waals surface area (Å²) in [5.41, 5.74) is 3.41. The normalized spacial score (nSPS) is 15.0. The predicted molar refractivity (Wildman–Crippen MR) is 118 cm³/mol. The van der Waals surface area contributed by atoms with Crippen molar-refractivity contribution in [3.05, 3.63) is 66.2 Å². The maximum Gasteiger partial charge on any atom is 0.243 e. The van der Waals surface area contributed by atoms with Crippen LogP contribution in [0.15, 0.2) is 60.0 Å². The van der Waals surface area contributed by atoms with Crippen LogP contribution >= 0.6 is 0 Å². The van der Waals surface area contributed by atoms with E-state index in [0.717, 1.165) is 35.3 Å². The van der Waals surface area contributed by atoms with Gasteiger partial charge in [-0.05, 0) is 61.2 Å². The minimum Gasteiger partial charge on any atom is -0.312 e. The lowest BCUT2D eigenvalue weighted by atomic mass is 10.0. The van der Waals surface area contributed by atoms with E-state index in [9.17, 15) is 13.2 Å². The summed E-state index contributed by atoms with van der Waals surface area (Å²) in [5.74, 6) is -0.0309. The molecule has 1 amide bonds. The van der Waals surface area contributed by atoms with Gasteiger partial charge in [-0.15, -0.1) is 0 Å². The number of nitrogens with zero attached hydrogens (tertiary/aromatic N) is 5. The second-order valence-corrected chi connectivity index (χ2v) is 9.69. The highest BCUT2D eigenvalue weighted by atomic mass is 32.2. The first kappa shape index (κ1) is 21.2. The lowest BCUT2D eigenvalue weighted by Gasteiger charge is -2.30. The number of benzene rings is 2. The Morgan fingerprint density at radius 2 is 1.90 bits per heavy atom. The lowest BCUT2D eigenvalue weighted by molar-refractivity contribution is -0.116. The van der Waals surface area contributed by atoms with Crippen molar-refractivity contribution in [2.45, 2.75) is 37.6 Å². The van der Waals surface area contributed by atoms with Crippen molar-refractivity contribution in [3.8, 4) is 5.69 Å². The fourth-order valence-corrected chi connectivity index (χ4v) is 5.29. The first-order chi connectivity index (χ1) is 14.8. The van der Waals surface area contributed by atoms with Gasteiger partial charge in [0.2, 0.25) is 15.9 Å². The van der Waals surface area contributed by atoms with E-state index in [-0.39, 0.29) is 16.8 Å². The first-order valence-electron chi connectivity index (χ1n) is 10.1. The summed E-state index contributed by atoms with van der Waals surface area (Å²) in [6.45, 7) is 4.05. The number of sulfonamides is 1. The number of fused-ring (bicyclic) bond motifs is 1. The van der Waals surface area contributed by atoms with Crippen molar-refractivity contribution < 1.29 is 13.2 Å². The van der Waals surface area contributed by atoms with Gasteiger partial charge in [-0.2, -0.15) is 9.40 Å². The highest BCUT2D eigenvalue weighted by Crippen LogP contribution is 2.32. The Bertz CT molecular complexity index is 1190. The number of aryl methyl sites for hydroxylation is 1. The van der Waals surface area contributed by atoms with Gasteiger partial charge in [0.15, 0.2) is 0 Å². The first-order valence-corrected chi connectivity index (χ1v) is 11.6. The zero-order valence-electron chi connectivity index (χ0n) is 17.8. The monoisotopic (exact) mass is 439 g/mol. The van der Waals surface area contributed by atoms with Crippen molar-refractivity contribution in [3.63, 3.8) is 0 Å². The Morgan fingerprint density at radius 1 is 1.16 bits per heavy atom. The maximum atomic E-state index is 13.3. The molecule has 162 valence electrons. The van der Waals surface area contributed by atoms with Gasteiger partial charge in [0.05, 0.1) is 10.6 Å². The van der Waals surface area contributed by atoms with Gasteiger partial charge in [0.25, 0.3) is 0 Å². The van der Waals surface area contributed by atoms with Crippen molar-refractivity contribution in [1.29, 1.82) is 0 Å². The van der Waals surface area contributed by atoms with E-state index in [1.54, 1.807) is 41.2 Å². The van der Waals surface area contributed by atoms with Crippen LogP contribution in [0.5, 0.6) is 0 Å². The molecule has 0 bridgehead atoms. The number of hydrogen-bond donors (Lipinski definition) is 0. The summed E-state index contributed by atoms with van der Waals surface area (Å²) >= 11 is 0. The number of anilines is 1. The third kappa shape index (κ3) is 3.98. The molecule has 0 N–H and O–H groups in total. The Morgan fingerprint density at radius 3 is 2.55 bits per heavy atom. The van der Waals surface area contributed by atoms with Gasteiger partial charge in [-0.1, -0.05) is 12.1 Å². The fraction of sp³-hybridized carbons (Fsp3) is 0.318. The molecule has 0 radical (unpaired) electrons. The minimum absolute atomic E-state index is 0.0309. The molecule has 4 rings (SSSR count). The Labute approximate surface area is 182 Å². The van der Waals surface area contributed by atoms with Crippen LogP contribution in [0, 0.1) is 0 Å². The van der Waals surface area contributed by atoms with Gasteiger partial charge < -0.3 is 4.90 Å². The van der Waals surface area contributed by atoms with Crippen LogP contribution in [0.25, 0.3) is 5.69 Å². The molecule has 1 atom stereocenters. The molecule has 3 aromatic rings. The van der Waals surface area contributed by atoms with E-state index >= 15 is 0 Å². The van der Waals surface area contributed by atoms with Crippen LogP contribution in [0.2, 0.25) is 0 Å². The minimum atomic E-state index is -3.71. The van der Waals surface area contributed by atoms with E-state index in [1.165, 1.54) is 17.6 Å². The third-order valence-corrected chi connectivity index (χ3v) is 7.76. The number of carbonyl (C=O) groups excluding carboxylic acids is 1. The molecule has 1 aromatic heterocycles. The Balaban J connectivity index is 1.59. The molecule has 0 spiro atoms. The summed E-state index contributed by atoms with van der Waals surface area (Å²) < 4.78 is 29.7. The van der Waals surface area contributed by atoms with Gasteiger partial charge >= 0.3 is 0 Å². The summed E-state index contributed by atoms with van der Waals surface area (Å²) in [4.78, 5) is 17.8. The van der Waals surface area contributed by atoms with E-state index < -0.39 is 10.0 Å². The Hall–Kier alpha value is -3.04. The van der Waals surface area contributed by atoms with Crippen LogP contribution in [-0.2, 0) is 21.2 Å². The predicted octanol–water partition coefficient (Wildman–Crippen LogP) is 2.95. The largest absolute Gasteiger partial charge is 0.312 e. The number of rotatable bonds is 5. The van der Waals surface area contributed by atoms with Gasteiger partial charge in [0.1, 0.15) is 12.7 Å². The van der Waals surface area contributed by atoms with Crippen molar-refractivity contribution in [2.24, 2.45) is 0 Å². The molecule has 0 saturated heterocycles. The molecule has 8 nitrogen and oxygen atoms in total. The van der Waals surface area contributed by atoms with Crippen molar-refractivity contribution in [1.82, 2.24) is 19.1 Å². The van der Waals surface area contributed by atoms with Crippen molar-refractivity contribution in [2.75, 3.05) is 18.5 Å². The number of amides is 1. The quantitative estimate of drug-likeness (QED) is 0.610. The molecule has 2 aromatic carbocycles. The highest BCUT2D eigenvalue weighted by molar-refractivity contribution is 7.89. The molecule has 1 unspecified atom stereocenters. The molecular formula is C22H25N5O3S. The fourth-order valence-electron chi connectivity index (χ4n) is 3.89. The van der Waals surface area contributed by atoms with Crippen LogP contribution in [-0.4, -0.2) is 47.0 Å². The molecule has 0 fully saturated rings. The number of carbonyl (C=O) groups is 1. The van der Waals surface area contributed by atoms with Crippen LogP contribution < -0.4 is 4.90 Å². The maximum absolute atomic E-state index is 13.3. The standard InChI is InChI=1S/C22H25N5O3S/c1-16(18-6-8-20(9-7-18)27-15-23-14-24-27)25(3)31(29,30)21-10-11-22-19(13-21)5-4-12-26(22)17(2)28/h6-11,13-16H,4-5,12H2,1-3H3. The molecule has 9 heteroatoms. The summed E-state index contributed by atoms with van der Waals surface area (Å²) in [6, 6.07) is 12.2. The van der Waals surface area contributed by atoms with Crippen molar-refractivity contribution >= 4 is 21.6 Å². The third-order valence-electron chi connectivity index (χ3n) is 5.83. The molecule has 0 aliphatic carbocycles. The average molecular weight is 440 g/mol. The molecule has 31 heavy (non-hydrogen) atoms. The van der Waals surface area contributed by atoms with E-state index in [2.05, 4.69) is 10.1 Å². The van der Waals surface area contributed by atoms with Crippen LogP contribution in [0.4, 0.5) is 5.69 Å². The molecule has 1 aliphatic rings. The number of aromatic nitrogens is 3.